The molecule has 0 unspecified atom stereocenters. The molecule has 6 heteroatoms. The zero-order valence-corrected chi connectivity index (χ0v) is 14.2. The summed E-state index contributed by atoms with van der Waals surface area (Å²) >= 11 is 0. The number of hydrogen-bond acceptors (Lipinski definition) is 3. The van der Waals surface area contributed by atoms with E-state index in [1.807, 2.05) is 13.8 Å². The zero-order valence-electron chi connectivity index (χ0n) is 14.2. The largest absolute Gasteiger partial charge is 0.324 e. The summed E-state index contributed by atoms with van der Waals surface area (Å²) in [6, 6.07) is 6.82. The maximum atomic E-state index is 13.8. The Kier molecular flexibility index (Phi) is 5.69. The van der Waals surface area contributed by atoms with Crippen molar-refractivity contribution in [1.29, 1.82) is 5.26 Å². The molecule has 1 heterocycles. The number of amides is 1. The van der Waals surface area contributed by atoms with Crippen LogP contribution in [-0.2, 0) is 17.8 Å². The Bertz CT molecular complexity index is 789. The van der Waals surface area contributed by atoms with Crippen molar-refractivity contribution in [1.82, 2.24) is 9.78 Å². The maximum Gasteiger partial charge on any atom is 0.224 e. The topological polar surface area (TPSA) is 70.7 Å². The molecule has 2 rings (SSSR count). The first-order chi connectivity index (χ1) is 11.4. The van der Waals surface area contributed by atoms with Gasteiger partial charge in [-0.05, 0) is 50.5 Å². The summed E-state index contributed by atoms with van der Waals surface area (Å²) in [5, 5.41) is 15.7. The van der Waals surface area contributed by atoms with E-state index in [0.29, 0.717) is 19.4 Å². The van der Waals surface area contributed by atoms with E-state index in [0.717, 1.165) is 22.5 Å². The van der Waals surface area contributed by atoms with Crippen molar-refractivity contribution in [3.63, 3.8) is 0 Å². The lowest BCUT2D eigenvalue weighted by Crippen LogP contribution is -2.14. The van der Waals surface area contributed by atoms with Crippen molar-refractivity contribution in [3.8, 4) is 6.07 Å². The molecular formula is C18H21FN4O. The van der Waals surface area contributed by atoms with Crippen LogP contribution in [0.2, 0.25) is 0 Å². The molecule has 0 bridgehead atoms. The van der Waals surface area contributed by atoms with Crippen molar-refractivity contribution in [2.45, 2.75) is 46.6 Å². The second-order valence-corrected chi connectivity index (χ2v) is 5.81. The number of anilines is 1. The highest BCUT2D eigenvalue weighted by molar-refractivity contribution is 5.91. The van der Waals surface area contributed by atoms with E-state index in [1.165, 1.54) is 6.07 Å². The molecule has 1 amide bonds. The number of halogens is 1. The molecule has 1 aromatic carbocycles. The SMILES string of the molecule is Cc1ccc(NC(=O)CCc2c(C)nn(CCC#N)c2C)c(F)c1. The molecule has 0 aliphatic rings. The number of carbonyl (C=O) groups excluding carboxylic acids is 1. The third kappa shape index (κ3) is 4.19. The molecule has 2 aromatic rings. The van der Waals surface area contributed by atoms with Crippen LogP contribution in [-0.4, -0.2) is 15.7 Å². The Morgan fingerprint density at radius 3 is 2.79 bits per heavy atom. The lowest BCUT2D eigenvalue weighted by atomic mass is 10.1. The normalized spacial score (nSPS) is 10.5. The minimum Gasteiger partial charge on any atom is -0.324 e. The minimum atomic E-state index is -0.431. The van der Waals surface area contributed by atoms with E-state index in [4.69, 9.17) is 5.26 Å². The molecule has 126 valence electrons. The van der Waals surface area contributed by atoms with Crippen molar-refractivity contribution < 1.29 is 9.18 Å². The number of nitrogens with one attached hydrogen (secondary N) is 1. The van der Waals surface area contributed by atoms with Gasteiger partial charge in [0.05, 0.1) is 30.4 Å². The van der Waals surface area contributed by atoms with Crippen LogP contribution in [0.5, 0.6) is 0 Å². The van der Waals surface area contributed by atoms with Crippen LogP contribution in [0.4, 0.5) is 10.1 Å². The molecule has 1 N–H and O–H groups in total. The fourth-order valence-corrected chi connectivity index (χ4v) is 2.64. The van der Waals surface area contributed by atoms with Crippen LogP contribution in [0.25, 0.3) is 0 Å². The van der Waals surface area contributed by atoms with E-state index in [-0.39, 0.29) is 18.0 Å². The monoisotopic (exact) mass is 328 g/mol. The van der Waals surface area contributed by atoms with Gasteiger partial charge in [-0.25, -0.2) is 4.39 Å². The fraction of sp³-hybridized carbons (Fsp3) is 0.389. The number of aryl methyl sites for hydroxylation is 3. The van der Waals surface area contributed by atoms with Gasteiger partial charge in [0, 0.05) is 12.1 Å². The van der Waals surface area contributed by atoms with Gasteiger partial charge in [-0.2, -0.15) is 10.4 Å². The summed E-state index contributed by atoms with van der Waals surface area (Å²) < 4.78 is 15.6. The first-order valence-corrected chi connectivity index (χ1v) is 7.88. The molecule has 0 atom stereocenters. The number of hydrogen-bond donors (Lipinski definition) is 1. The van der Waals surface area contributed by atoms with Crippen LogP contribution in [0, 0.1) is 37.9 Å². The Morgan fingerprint density at radius 1 is 1.38 bits per heavy atom. The summed E-state index contributed by atoms with van der Waals surface area (Å²) in [5.41, 5.74) is 3.84. The fourth-order valence-electron chi connectivity index (χ4n) is 2.64. The standard InChI is InChI=1S/C18H21FN4O/c1-12-5-7-17(16(19)11-12)21-18(24)8-6-15-13(2)22-23(14(15)3)10-4-9-20/h5,7,11H,4,6,8,10H2,1-3H3,(H,21,24). The van der Waals surface area contributed by atoms with E-state index < -0.39 is 5.82 Å². The second kappa shape index (κ2) is 7.73. The third-order valence-electron chi connectivity index (χ3n) is 3.97. The summed E-state index contributed by atoms with van der Waals surface area (Å²) in [4.78, 5) is 12.1. The average molecular weight is 328 g/mol. The molecule has 5 nitrogen and oxygen atoms in total. The smallest absolute Gasteiger partial charge is 0.224 e. The molecule has 1 aromatic heterocycles. The molecule has 0 saturated carbocycles. The van der Waals surface area contributed by atoms with Gasteiger partial charge >= 0.3 is 0 Å². The summed E-state index contributed by atoms with van der Waals surface area (Å²) in [6.45, 7) is 6.17. The van der Waals surface area contributed by atoms with Crippen molar-refractivity contribution in [2.24, 2.45) is 0 Å². The van der Waals surface area contributed by atoms with Gasteiger partial charge in [0.2, 0.25) is 5.91 Å². The lowest BCUT2D eigenvalue weighted by Gasteiger charge is -2.07. The summed E-state index contributed by atoms with van der Waals surface area (Å²) in [7, 11) is 0. The second-order valence-electron chi connectivity index (χ2n) is 5.81. The maximum absolute atomic E-state index is 13.8. The van der Waals surface area contributed by atoms with E-state index in [1.54, 1.807) is 23.7 Å². The van der Waals surface area contributed by atoms with Crippen LogP contribution < -0.4 is 5.32 Å². The van der Waals surface area contributed by atoms with Crippen LogP contribution in [0.15, 0.2) is 18.2 Å². The van der Waals surface area contributed by atoms with Gasteiger partial charge in [-0.1, -0.05) is 6.07 Å². The molecule has 24 heavy (non-hydrogen) atoms. The van der Waals surface area contributed by atoms with Gasteiger partial charge in [0.25, 0.3) is 0 Å². The Labute approximate surface area is 141 Å². The third-order valence-corrected chi connectivity index (χ3v) is 3.97. The predicted octanol–water partition coefficient (Wildman–Crippen LogP) is 3.43. The number of carbonyl (C=O) groups is 1. The van der Waals surface area contributed by atoms with Gasteiger partial charge in [0.1, 0.15) is 5.82 Å². The van der Waals surface area contributed by atoms with E-state index in [9.17, 15) is 9.18 Å². The molecule has 0 aliphatic carbocycles. The molecule has 0 saturated heterocycles. The van der Waals surface area contributed by atoms with E-state index >= 15 is 0 Å². The Balaban J connectivity index is 1.99. The van der Waals surface area contributed by atoms with Crippen molar-refractivity contribution >= 4 is 11.6 Å². The van der Waals surface area contributed by atoms with Crippen LogP contribution in [0.1, 0.15) is 35.4 Å². The number of nitriles is 1. The molecule has 0 fully saturated rings. The molecule has 0 radical (unpaired) electrons. The van der Waals surface area contributed by atoms with Gasteiger partial charge in [-0.3, -0.25) is 9.48 Å². The summed E-state index contributed by atoms with van der Waals surface area (Å²) in [5.74, 6) is -0.665. The minimum absolute atomic E-state index is 0.198. The van der Waals surface area contributed by atoms with Gasteiger partial charge < -0.3 is 5.32 Å². The quantitative estimate of drug-likeness (QED) is 0.883. The van der Waals surface area contributed by atoms with E-state index in [2.05, 4.69) is 16.5 Å². The first kappa shape index (κ1) is 17.7. The number of rotatable bonds is 6. The Hall–Kier alpha value is -2.68. The predicted molar refractivity (Wildman–Crippen MR) is 90.0 cm³/mol. The highest BCUT2D eigenvalue weighted by Crippen LogP contribution is 2.18. The number of benzene rings is 1. The zero-order chi connectivity index (χ0) is 17.7. The van der Waals surface area contributed by atoms with Crippen LogP contribution >= 0.6 is 0 Å². The lowest BCUT2D eigenvalue weighted by molar-refractivity contribution is -0.116. The first-order valence-electron chi connectivity index (χ1n) is 7.88. The average Bonchev–Trinajstić information content (AvgIpc) is 2.80. The molecule has 0 spiro atoms. The number of aromatic nitrogens is 2. The van der Waals surface area contributed by atoms with Crippen molar-refractivity contribution in [2.75, 3.05) is 5.32 Å². The Morgan fingerprint density at radius 2 is 2.12 bits per heavy atom. The molecular weight excluding hydrogens is 307 g/mol. The highest BCUT2D eigenvalue weighted by atomic mass is 19.1. The molecule has 0 aliphatic heterocycles. The van der Waals surface area contributed by atoms with Crippen molar-refractivity contribution in [3.05, 3.63) is 46.5 Å². The summed E-state index contributed by atoms with van der Waals surface area (Å²) in [6.07, 6.45) is 1.18. The number of nitrogens with zero attached hydrogens (tertiary/aromatic N) is 3. The van der Waals surface area contributed by atoms with Gasteiger partial charge in [0.15, 0.2) is 0 Å². The highest BCUT2D eigenvalue weighted by Gasteiger charge is 2.14. The van der Waals surface area contributed by atoms with Gasteiger partial charge in [-0.15, -0.1) is 0 Å². The van der Waals surface area contributed by atoms with Crippen LogP contribution in [0.3, 0.4) is 0 Å².